The van der Waals surface area contributed by atoms with Crippen LogP contribution in [0.5, 0.6) is 0 Å². The zero-order valence-electron chi connectivity index (χ0n) is 27.9. The normalized spacial score (nSPS) is 22.9. The molecule has 234 valence electrons. The van der Waals surface area contributed by atoms with Crippen LogP contribution in [0.4, 0.5) is 22.7 Å². The molecule has 6 aliphatic heterocycles. The van der Waals surface area contributed by atoms with Crippen molar-refractivity contribution >= 4 is 34.4 Å². The van der Waals surface area contributed by atoms with E-state index in [9.17, 15) is 4.79 Å². The fourth-order valence-electron chi connectivity index (χ4n) is 8.01. The predicted octanol–water partition coefficient (Wildman–Crippen LogP) is 9.00. The van der Waals surface area contributed by atoms with Crippen LogP contribution in [0.15, 0.2) is 120 Å². The number of nitrogens with zero attached hydrogens (tertiary/aromatic N) is 2. The number of amides is 1. The zero-order valence-corrected chi connectivity index (χ0v) is 27.9. The highest BCUT2D eigenvalue weighted by Gasteiger charge is 2.44. The summed E-state index contributed by atoms with van der Waals surface area (Å²) in [6.45, 7) is 15.5. The number of rotatable bonds is 5. The molecule has 4 bridgehead atoms. The van der Waals surface area contributed by atoms with Crippen molar-refractivity contribution in [2.75, 3.05) is 28.6 Å². The number of benzene rings is 3. The molecule has 0 aromatic heterocycles. The van der Waals surface area contributed by atoms with E-state index in [1.807, 2.05) is 12.1 Å². The Morgan fingerprint density at radius 1 is 0.804 bits per heavy atom. The van der Waals surface area contributed by atoms with E-state index < -0.39 is 0 Å². The van der Waals surface area contributed by atoms with Gasteiger partial charge in [-0.15, -0.1) is 0 Å². The van der Waals surface area contributed by atoms with Crippen LogP contribution in [0.2, 0.25) is 0 Å². The topological polar surface area (TPSA) is 47.4 Å². The molecule has 5 nitrogen and oxygen atoms in total. The largest absolute Gasteiger partial charge is 0.355 e. The molecule has 0 spiro atoms. The van der Waals surface area contributed by atoms with E-state index in [4.69, 9.17) is 0 Å². The Morgan fingerprint density at radius 2 is 1.48 bits per heavy atom. The van der Waals surface area contributed by atoms with Gasteiger partial charge in [-0.2, -0.15) is 4.58 Å². The SMILES string of the molecule is CCN1/C(=C/C=C2\CC3CC(/C=C/C4=[N+](CC)c5ccccc5C4(C)C)=C2Nc2ccc(cc2)NC3=O)C(C)(C)c2ccccc21. The monoisotopic (exact) mass is 609 g/mol. The van der Waals surface area contributed by atoms with Gasteiger partial charge >= 0.3 is 0 Å². The molecule has 2 N–H and O–H groups in total. The van der Waals surface area contributed by atoms with E-state index in [1.54, 1.807) is 0 Å². The maximum atomic E-state index is 13.8. The lowest BCUT2D eigenvalue weighted by Gasteiger charge is -2.29. The number of hydrogen-bond acceptors (Lipinski definition) is 3. The third kappa shape index (κ3) is 4.84. The first-order chi connectivity index (χ1) is 22.1. The Hall–Kier alpha value is -4.64. The van der Waals surface area contributed by atoms with Gasteiger partial charge in [0.05, 0.1) is 5.41 Å². The van der Waals surface area contributed by atoms with Crippen molar-refractivity contribution in [1.29, 1.82) is 0 Å². The molecule has 6 heterocycles. The fraction of sp³-hybridized carbons (Fsp3) is 0.317. The maximum absolute atomic E-state index is 13.8. The summed E-state index contributed by atoms with van der Waals surface area (Å²) in [4.78, 5) is 16.2. The minimum Gasteiger partial charge on any atom is -0.355 e. The molecule has 10 rings (SSSR count). The van der Waals surface area contributed by atoms with Gasteiger partial charge in [-0.1, -0.05) is 62.4 Å². The van der Waals surface area contributed by atoms with E-state index in [-0.39, 0.29) is 22.7 Å². The van der Waals surface area contributed by atoms with Crippen LogP contribution in [0.25, 0.3) is 0 Å². The van der Waals surface area contributed by atoms with Crippen LogP contribution < -0.4 is 15.5 Å². The van der Waals surface area contributed by atoms with Crippen LogP contribution in [-0.2, 0) is 15.6 Å². The second kappa shape index (κ2) is 11.3. The molecule has 46 heavy (non-hydrogen) atoms. The van der Waals surface area contributed by atoms with Crippen LogP contribution in [-0.4, -0.2) is 29.3 Å². The number of anilines is 3. The molecule has 1 unspecified atom stereocenters. The molecule has 3 aromatic rings. The summed E-state index contributed by atoms with van der Waals surface area (Å²) < 4.78 is 2.43. The number of para-hydroxylation sites is 2. The highest BCUT2D eigenvalue weighted by Crippen LogP contribution is 2.48. The minimum absolute atomic E-state index is 0.0679. The van der Waals surface area contributed by atoms with Crippen LogP contribution in [0.3, 0.4) is 0 Å². The Kier molecular flexibility index (Phi) is 7.38. The standard InChI is InChI=1S/C41H44N4O/c1-7-44-34-15-11-9-13-32(34)40(3,4)36(44)23-17-27-25-29-26-28(38(27)42-30-19-21-31(22-20-30)43-39(29)46)18-24-37-41(5,6)33-14-10-12-16-35(33)45(37)8-2/h9-24,29H,7-8,25-26H2,1-6H3,(H,43,46)/p+1/b27-17+,36-23+,42-38?. The van der Waals surface area contributed by atoms with Crippen LogP contribution >= 0.6 is 0 Å². The number of likely N-dealkylation sites (N-methyl/N-ethyl adjacent to an activating group) is 1. The van der Waals surface area contributed by atoms with Gasteiger partial charge in [0.15, 0.2) is 5.71 Å². The van der Waals surface area contributed by atoms with E-state index in [1.165, 1.54) is 33.9 Å². The van der Waals surface area contributed by atoms with Crippen molar-refractivity contribution in [2.45, 2.75) is 65.2 Å². The second-order valence-corrected chi connectivity index (χ2v) is 13.9. The number of nitrogens with one attached hydrogen (secondary N) is 2. The van der Waals surface area contributed by atoms with E-state index >= 15 is 0 Å². The Labute approximate surface area is 273 Å². The van der Waals surface area contributed by atoms with Crippen molar-refractivity contribution in [3.63, 3.8) is 0 Å². The highest BCUT2D eigenvalue weighted by molar-refractivity contribution is 6.03. The molecule has 1 aliphatic carbocycles. The summed E-state index contributed by atoms with van der Waals surface area (Å²) in [5.41, 5.74) is 12.8. The second-order valence-electron chi connectivity index (χ2n) is 13.9. The van der Waals surface area contributed by atoms with Gasteiger partial charge in [-0.3, -0.25) is 4.79 Å². The van der Waals surface area contributed by atoms with Gasteiger partial charge in [0.25, 0.3) is 0 Å². The summed E-state index contributed by atoms with van der Waals surface area (Å²) in [6, 6.07) is 25.6. The lowest BCUT2D eigenvalue weighted by molar-refractivity contribution is -0.433. The molecule has 5 heteroatoms. The zero-order chi connectivity index (χ0) is 32.2. The van der Waals surface area contributed by atoms with E-state index in [2.05, 4.69) is 147 Å². The van der Waals surface area contributed by atoms with E-state index in [0.29, 0.717) is 12.8 Å². The minimum atomic E-state index is -0.177. The fourth-order valence-corrected chi connectivity index (χ4v) is 8.01. The average Bonchev–Trinajstić information content (AvgIpc) is 3.39. The lowest BCUT2D eigenvalue weighted by atomic mass is 9.79. The van der Waals surface area contributed by atoms with Crippen molar-refractivity contribution in [3.8, 4) is 0 Å². The van der Waals surface area contributed by atoms with Gasteiger partial charge in [0.2, 0.25) is 11.6 Å². The molecule has 3 aromatic carbocycles. The number of fused-ring (bicyclic) bond motifs is 2. The van der Waals surface area contributed by atoms with Crippen LogP contribution in [0, 0.1) is 5.92 Å². The molecule has 0 saturated heterocycles. The number of carbonyl (C=O) groups is 1. The summed E-state index contributed by atoms with van der Waals surface area (Å²) in [5, 5.41) is 7.00. The Morgan fingerprint density at radius 3 is 2.20 bits per heavy atom. The third-order valence-electron chi connectivity index (χ3n) is 10.5. The highest BCUT2D eigenvalue weighted by atomic mass is 16.1. The molecular weight excluding hydrogens is 564 g/mol. The summed E-state index contributed by atoms with van der Waals surface area (Å²) in [7, 11) is 0. The smallest absolute Gasteiger partial charge is 0.228 e. The maximum Gasteiger partial charge on any atom is 0.228 e. The van der Waals surface area contributed by atoms with Crippen molar-refractivity contribution in [2.24, 2.45) is 5.92 Å². The van der Waals surface area contributed by atoms with Gasteiger partial charge in [0.1, 0.15) is 6.54 Å². The first-order valence-corrected chi connectivity index (χ1v) is 16.8. The van der Waals surface area contributed by atoms with Crippen LogP contribution in [0.1, 0.15) is 65.5 Å². The molecule has 7 aliphatic rings. The lowest BCUT2D eigenvalue weighted by Crippen LogP contribution is -2.29. The number of allylic oxidation sites excluding steroid dienone is 7. The molecule has 0 fully saturated rings. The average molecular weight is 610 g/mol. The van der Waals surface area contributed by atoms with Gasteiger partial charge in [-0.05, 0) is 93.7 Å². The number of carbonyl (C=O) groups excluding carboxylic acids is 1. The molecule has 0 radical (unpaired) electrons. The van der Waals surface area contributed by atoms with Gasteiger partial charge in [-0.25, -0.2) is 0 Å². The Bertz CT molecular complexity index is 1880. The molecule has 0 saturated carbocycles. The predicted molar refractivity (Wildman–Crippen MR) is 191 cm³/mol. The van der Waals surface area contributed by atoms with Crippen molar-refractivity contribution < 1.29 is 9.37 Å². The van der Waals surface area contributed by atoms with Gasteiger partial charge < -0.3 is 15.5 Å². The van der Waals surface area contributed by atoms with Crippen molar-refractivity contribution in [3.05, 3.63) is 131 Å². The van der Waals surface area contributed by atoms with Gasteiger partial charge in [0, 0.05) is 64.0 Å². The summed E-state index contributed by atoms with van der Waals surface area (Å²) >= 11 is 0. The van der Waals surface area contributed by atoms with Crippen molar-refractivity contribution in [1.82, 2.24) is 0 Å². The third-order valence-corrected chi connectivity index (χ3v) is 10.5. The number of hydrogen-bond donors (Lipinski definition) is 2. The quantitative estimate of drug-likeness (QED) is 0.284. The summed E-state index contributed by atoms with van der Waals surface area (Å²) in [5.74, 6) is -0.109. The summed E-state index contributed by atoms with van der Waals surface area (Å²) in [6.07, 6.45) is 10.5. The first kappa shape index (κ1) is 30.0. The Balaban J connectivity index is 1.37. The molecular formula is C41H45N4O+. The van der Waals surface area contributed by atoms with E-state index in [0.717, 1.165) is 41.3 Å². The first-order valence-electron chi connectivity index (χ1n) is 16.8. The molecule has 1 amide bonds. The molecule has 1 atom stereocenters.